The van der Waals surface area contributed by atoms with Crippen molar-refractivity contribution >= 4 is 5.71 Å². The van der Waals surface area contributed by atoms with Gasteiger partial charge in [0.25, 0.3) is 0 Å². The van der Waals surface area contributed by atoms with Crippen molar-refractivity contribution < 1.29 is 0 Å². The SMILES string of the molecule is CC1=C(C)C(=N)CCC1. The highest BCUT2D eigenvalue weighted by Gasteiger charge is 2.08. The summed E-state index contributed by atoms with van der Waals surface area (Å²) < 4.78 is 0. The van der Waals surface area contributed by atoms with Crippen LogP contribution >= 0.6 is 0 Å². The molecule has 0 aliphatic heterocycles. The number of allylic oxidation sites excluding steroid dienone is 2. The standard InChI is InChI=1S/C8H13N/c1-6-4-3-5-8(9)7(6)2/h9H,3-5H2,1-2H3. The zero-order valence-corrected chi connectivity index (χ0v) is 6.12. The van der Waals surface area contributed by atoms with Crippen molar-refractivity contribution in [3.63, 3.8) is 0 Å². The molecule has 0 saturated carbocycles. The van der Waals surface area contributed by atoms with Crippen LogP contribution in [0.5, 0.6) is 0 Å². The molecule has 1 N–H and O–H groups in total. The van der Waals surface area contributed by atoms with Crippen molar-refractivity contribution in [2.45, 2.75) is 33.1 Å². The summed E-state index contributed by atoms with van der Waals surface area (Å²) in [5.41, 5.74) is 3.48. The number of hydrogen-bond acceptors (Lipinski definition) is 1. The first kappa shape index (κ1) is 6.53. The highest BCUT2D eigenvalue weighted by molar-refractivity contribution is 5.98. The van der Waals surface area contributed by atoms with Gasteiger partial charge in [-0.1, -0.05) is 5.57 Å². The summed E-state index contributed by atoms with van der Waals surface area (Å²) in [6, 6.07) is 0. The molecule has 0 aromatic rings. The molecule has 0 unspecified atom stereocenters. The van der Waals surface area contributed by atoms with Gasteiger partial charge in [0.2, 0.25) is 0 Å². The fourth-order valence-electron chi connectivity index (χ4n) is 1.16. The van der Waals surface area contributed by atoms with E-state index in [2.05, 4.69) is 13.8 Å². The summed E-state index contributed by atoms with van der Waals surface area (Å²) >= 11 is 0. The number of rotatable bonds is 0. The minimum Gasteiger partial charge on any atom is -0.305 e. The molecule has 1 aliphatic carbocycles. The summed E-state index contributed by atoms with van der Waals surface area (Å²) in [4.78, 5) is 0. The molecule has 0 aromatic heterocycles. The van der Waals surface area contributed by atoms with Gasteiger partial charge in [-0.25, -0.2) is 0 Å². The van der Waals surface area contributed by atoms with E-state index in [1.807, 2.05) is 0 Å². The molecule has 1 aliphatic rings. The van der Waals surface area contributed by atoms with E-state index in [1.165, 1.54) is 24.0 Å². The lowest BCUT2D eigenvalue weighted by Crippen LogP contribution is -2.06. The van der Waals surface area contributed by atoms with Crippen LogP contribution in [0.4, 0.5) is 0 Å². The Balaban J connectivity index is 2.84. The summed E-state index contributed by atoms with van der Waals surface area (Å²) in [5, 5.41) is 7.47. The molecule has 0 spiro atoms. The Morgan fingerprint density at radius 2 is 1.89 bits per heavy atom. The second-order valence-corrected chi connectivity index (χ2v) is 2.74. The van der Waals surface area contributed by atoms with Gasteiger partial charge in [0, 0.05) is 5.71 Å². The van der Waals surface area contributed by atoms with Crippen molar-refractivity contribution in [2.75, 3.05) is 0 Å². The normalized spacial score (nSPS) is 20.9. The predicted molar refractivity (Wildman–Crippen MR) is 40.0 cm³/mol. The van der Waals surface area contributed by atoms with Crippen molar-refractivity contribution in [3.8, 4) is 0 Å². The van der Waals surface area contributed by atoms with E-state index in [9.17, 15) is 0 Å². The van der Waals surface area contributed by atoms with Crippen LogP contribution < -0.4 is 0 Å². The van der Waals surface area contributed by atoms with Crippen molar-refractivity contribution in [1.29, 1.82) is 5.41 Å². The van der Waals surface area contributed by atoms with E-state index in [0.29, 0.717) is 0 Å². The maximum Gasteiger partial charge on any atom is 0.0342 e. The van der Waals surface area contributed by atoms with Gasteiger partial charge in [0.15, 0.2) is 0 Å². The van der Waals surface area contributed by atoms with Crippen LogP contribution in [0.15, 0.2) is 11.1 Å². The topological polar surface area (TPSA) is 23.9 Å². The molecule has 1 rings (SSSR count). The van der Waals surface area contributed by atoms with Gasteiger partial charge >= 0.3 is 0 Å². The Bertz CT molecular complexity index is 165. The smallest absolute Gasteiger partial charge is 0.0342 e. The largest absolute Gasteiger partial charge is 0.305 e. The first-order valence-corrected chi connectivity index (χ1v) is 3.46. The van der Waals surface area contributed by atoms with E-state index in [-0.39, 0.29) is 0 Å². The highest BCUT2D eigenvalue weighted by Crippen LogP contribution is 2.20. The third kappa shape index (κ3) is 1.21. The quantitative estimate of drug-likeness (QED) is 0.511. The van der Waals surface area contributed by atoms with Gasteiger partial charge in [0.05, 0.1) is 0 Å². The zero-order chi connectivity index (χ0) is 6.85. The summed E-state index contributed by atoms with van der Waals surface area (Å²) in [7, 11) is 0. The molecule has 50 valence electrons. The lowest BCUT2D eigenvalue weighted by molar-refractivity contribution is 0.817. The van der Waals surface area contributed by atoms with Crippen LogP contribution in [0.3, 0.4) is 0 Å². The second kappa shape index (κ2) is 2.34. The number of nitrogens with one attached hydrogen (secondary N) is 1. The van der Waals surface area contributed by atoms with Crippen LogP contribution in [-0.2, 0) is 0 Å². The van der Waals surface area contributed by atoms with Gasteiger partial charge in [-0.3, -0.25) is 0 Å². The van der Waals surface area contributed by atoms with Crippen LogP contribution in [0, 0.1) is 5.41 Å². The fraction of sp³-hybridized carbons (Fsp3) is 0.625. The molecule has 0 amide bonds. The van der Waals surface area contributed by atoms with E-state index >= 15 is 0 Å². The van der Waals surface area contributed by atoms with Crippen molar-refractivity contribution in [1.82, 2.24) is 0 Å². The first-order valence-electron chi connectivity index (χ1n) is 3.46. The highest BCUT2D eigenvalue weighted by atomic mass is 14.4. The average molecular weight is 123 g/mol. The van der Waals surface area contributed by atoms with Gasteiger partial charge < -0.3 is 5.41 Å². The van der Waals surface area contributed by atoms with E-state index in [0.717, 1.165) is 12.1 Å². The molecule has 0 saturated heterocycles. The molecular weight excluding hydrogens is 110 g/mol. The van der Waals surface area contributed by atoms with Gasteiger partial charge in [-0.15, -0.1) is 0 Å². The van der Waals surface area contributed by atoms with Crippen molar-refractivity contribution in [3.05, 3.63) is 11.1 Å². The number of hydrogen-bond donors (Lipinski definition) is 1. The van der Waals surface area contributed by atoms with Gasteiger partial charge in [0.1, 0.15) is 0 Å². The molecule has 9 heavy (non-hydrogen) atoms. The minimum absolute atomic E-state index is 0.846. The summed E-state index contributed by atoms with van der Waals surface area (Å²) in [6.07, 6.45) is 3.37. The fourth-order valence-corrected chi connectivity index (χ4v) is 1.16. The molecule has 0 aromatic carbocycles. The lowest BCUT2D eigenvalue weighted by Gasteiger charge is -2.14. The molecule has 0 bridgehead atoms. The first-order chi connectivity index (χ1) is 4.22. The van der Waals surface area contributed by atoms with Crippen LogP contribution in [-0.4, -0.2) is 5.71 Å². The predicted octanol–water partition coefficient (Wildman–Crippen LogP) is 2.53. The van der Waals surface area contributed by atoms with E-state index < -0.39 is 0 Å². The Morgan fingerprint density at radius 1 is 1.22 bits per heavy atom. The molecule has 0 atom stereocenters. The molecule has 0 heterocycles. The maximum absolute atomic E-state index is 7.47. The third-order valence-corrected chi connectivity index (χ3v) is 2.07. The molecule has 0 radical (unpaired) electrons. The van der Waals surface area contributed by atoms with E-state index in [1.54, 1.807) is 0 Å². The Hall–Kier alpha value is -0.590. The lowest BCUT2D eigenvalue weighted by atomic mass is 9.92. The molecule has 0 fully saturated rings. The monoisotopic (exact) mass is 123 g/mol. The summed E-state index contributed by atoms with van der Waals surface area (Å²) in [5.74, 6) is 0. The molecular formula is C8H13N. The Morgan fingerprint density at radius 3 is 2.33 bits per heavy atom. The van der Waals surface area contributed by atoms with Crippen molar-refractivity contribution in [2.24, 2.45) is 0 Å². The second-order valence-electron chi connectivity index (χ2n) is 2.74. The molecule has 1 nitrogen and oxygen atoms in total. The maximum atomic E-state index is 7.47. The summed E-state index contributed by atoms with van der Waals surface area (Å²) in [6.45, 7) is 4.18. The Labute approximate surface area is 56.3 Å². The van der Waals surface area contributed by atoms with Crippen LogP contribution in [0.25, 0.3) is 0 Å². The van der Waals surface area contributed by atoms with Gasteiger partial charge in [-0.2, -0.15) is 0 Å². The van der Waals surface area contributed by atoms with Gasteiger partial charge in [-0.05, 0) is 38.7 Å². The Kier molecular flexibility index (Phi) is 1.70. The third-order valence-electron chi connectivity index (χ3n) is 2.07. The van der Waals surface area contributed by atoms with Crippen LogP contribution in [0.1, 0.15) is 33.1 Å². The zero-order valence-electron chi connectivity index (χ0n) is 6.12. The minimum atomic E-state index is 0.846. The molecule has 1 heteroatoms. The average Bonchev–Trinajstić information content (AvgIpc) is 1.83. The van der Waals surface area contributed by atoms with E-state index in [4.69, 9.17) is 5.41 Å². The van der Waals surface area contributed by atoms with Crippen LogP contribution in [0.2, 0.25) is 0 Å².